The molecule has 1 aromatic heterocycles. The first-order valence-corrected chi connectivity index (χ1v) is 8.78. The van der Waals surface area contributed by atoms with Gasteiger partial charge < -0.3 is 4.57 Å². The highest BCUT2D eigenvalue weighted by Gasteiger charge is 2.21. The minimum absolute atomic E-state index is 0.0620. The maximum Gasteiger partial charge on any atom is 0.253 e. The van der Waals surface area contributed by atoms with E-state index in [-0.39, 0.29) is 5.91 Å². The van der Waals surface area contributed by atoms with Gasteiger partial charge in [-0.15, -0.1) is 0 Å². The number of carbonyl (C=O) groups is 1. The van der Waals surface area contributed by atoms with Crippen molar-refractivity contribution in [1.29, 1.82) is 0 Å². The van der Waals surface area contributed by atoms with E-state index in [0.717, 1.165) is 17.8 Å². The number of nitrogens with zero attached hydrogens (tertiary/aromatic N) is 2. The monoisotopic (exact) mass is 318 g/mol. The topological polar surface area (TPSA) is 34.4 Å². The van der Waals surface area contributed by atoms with E-state index in [1.807, 2.05) is 20.8 Å². The lowest BCUT2D eigenvalue weighted by Gasteiger charge is -2.11. The van der Waals surface area contributed by atoms with E-state index in [4.69, 9.17) is 0 Å². The third-order valence-corrected chi connectivity index (χ3v) is 4.70. The van der Waals surface area contributed by atoms with Gasteiger partial charge in [-0.2, -0.15) is 4.99 Å². The molecule has 4 heteroatoms. The van der Waals surface area contributed by atoms with Crippen LogP contribution < -0.4 is 4.80 Å². The quantitative estimate of drug-likeness (QED) is 0.807. The summed E-state index contributed by atoms with van der Waals surface area (Å²) in [6.07, 6.45) is 1.02. The minimum Gasteiger partial charge on any atom is -0.316 e. The number of hydrogen-bond acceptors (Lipinski definition) is 2. The largest absolute Gasteiger partial charge is 0.316 e. The van der Waals surface area contributed by atoms with Gasteiger partial charge in [-0.1, -0.05) is 58.9 Å². The Morgan fingerprint density at radius 1 is 1.32 bits per heavy atom. The molecule has 0 saturated heterocycles. The van der Waals surface area contributed by atoms with Crippen LogP contribution in [0.15, 0.2) is 23.2 Å². The van der Waals surface area contributed by atoms with Crippen molar-refractivity contribution in [3.63, 3.8) is 0 Å². The number of fused-ring (bicyclic) bond motifs is 1. The van der Waals surface area contributed by atoms with Gasteiger partial charge in [0.05, 0.1) is 10.2 Å². The molecule has 0 N–H and O–H groups in total. The minimum atomic E-state index is -0.441. The van der Waals surface area contributed by atoms with Gasteiger partial charge in [-0.3, -0.25) is 4.79 Å². The first kappa shape index (κ1) is 16.9. The summed E-state index contributed by atoms with van der Waals surface area (Å²) < 4.78 is 3.38. The first-order valence-electron chi connectivity index (χ1n) is 7.96. The first-order chi connectivity index (χ1) is 10.2. The Morgan fingerprint density at radius 2 is 2.00 bits per heavy atom. The van der Waals surface area contributed by atoms with Crippen molar-refractivity contribution in [2.24, 2.45) is 10.4 Å². The summed E-state index contributed by atoms with van der Waals surface area (Å²) in [5.74, 6) is 0.440. The average molecular weight is 318 g/mol. The third kappa shape index (κ3) is 3.49. The van der Waals surface area contributed by atoms with Gasteiger partial charge in [0.15, 0.2) is 4.80 Å². The van der Waals surface area contributed by atoms with Crippen LogP contribution in [-0.4, -0.2) is 10.5 Å². The van der Waals surface area contributed by atoms with Crippen LogP contribution in [0.4, 0.5) is 0 Å². The van der Waals surface area contributed by atoms with Crippen molar-refractivity contribution in [1.82, 2.24) is 4.57 Å². The second kappa shape index (κ2) is 6.37. The molecule has 2 aromatic rings. The predicted molar refractivity (Wildman–Crippen MR) is 94.2 cm³/mol. The molecule has 0 bridgehead atoms. The smallest absolute Gasteiger partial charge is 0.253 e. The van der Waals surface area contributed by atoms with Crippen LogP contribution in [0.3, 0.4) is 0 Å². The van der Waals surface area contributed by atoms with E-state index >= 15 is 0 Å². The lowest BCUT2D eigenvalue weighted by molar-refractivity contribution is -0.125. The lowest BCUT2D eigenvalue weighted by Crippen LogP contribution is -2.23. The Hall–Kier alpha value is -1.42. The lowest BCUT2D eigenvalue weighted by atomic mass is 9.96. The normalized spacial score (nSPS) is 13.3. The van der Waals surface area contributed by atoms with E-state index in [0.29, 0.717) is 5.92 Å². The zero-order chi connectivity index (χ0) is 16.5. The van der Waals surface area contributed by atoms with Crippen LogP contribution in [0, 0.1) is 5.41 Å². The van der Waals surface area contributed by atoms with E-state index in [9.17, 15) is 4.79 Å². The van der Waals surface area contributed by atoms with Crippen LogP contribution in [0.2, 0.25) is 0 Å². The molecule has 0 atom stereocenters. The van der Waals surface area contributed by atoms with E-state index in [1.165, 1.54) is 15.8 Å². The van der Waals surface area contributed by atoms with Gasteiger partial charge in [-0.25, -0.2) is 0 Å². The second-order valence-corrected chi connectivity index (χ2v) is 8.09. The van der Waals surface area contributed by atoms with Crippen molar-refractivity contribution in [3.05, 3.63) is 28.6 Å². The molecule has 120 valence electrons. The number of aryl methyl sites for hydroxylation is 1. The summed E-state index contributed by atoms with van der Waals surface area (Å²) in [6, 6.07) is 6.58. The Bertz CT molecular complexity index is 745. The van der Waals surface area contributed by atoms with Crippen molar-refractivity contribution >= 4 is 27.5 Å². The highest BCUT2D eigenvalue weighted by molar-refractivity contribution is 7.16. The maximum atomic E-state index is 12.3. The molecule has 1 aromatic carbocycles. The SMILES string of the molecule is CCCn1c(=NC(=O)C(C)(C)C)sc2cc(C(C)C)ccc21. The molecule has 0 aliphatic heterocycles. The summed E-state index contributed by atoms with van der Waals surface area (Å²) in [5, 5.41) is 0. The summed E-state index contributed by atoms with van der Waals surface area (Å²) in [4.78, 5) is 17.5. The molecule has 0 fully saturated rings. The molecule has 0 saturated carbocycles. The summed E-state index contributed by atoms with van der Waals surface area (Å²) in [7, 11) is 0. The van der Waals surface area contributed by atoms with Crippen LogP contribution in [0.1, 0.15) is 59.4 Å². The highest BCUT2D eigenvalue weighted by atomic mass is 32.1. The summed E-state index contributed by atoms with van der Waals surface area (Å²) in [6.45, 7) is 13.2. The summed E-state index contributed by atoms with van der Waals surface area (Å²) >= 11 is 1.62. The number of amides is 1. The fourth-order valence-electron chi connectivity index (χ4n) is 2.23. The summed E-state index contributed by atoms with van der Waals surface area (Å²) in [5.41, 5.74) is 2.06. The predicted octanol–water partition coefficient (Wildman–Crippen LogP) is 4.71. The zero-order valence-corrected chi connectivity index (χ0v) is 15.3. The van der Waals surface area contributed by atoms with Crippen molar-refractivity contribution in [2.75, 3.05) is 0 Å². The molecule has 1 amide bonds. The van der Waals surface area contributed by atoms with E-state index in [2.05, 4.69) is 48.5 Å². The van der Waals surface area contributed by atoms with Gasteiger partial charge >= 0.3 is 0 Å². The molecule has 22 heavy (non-hydrogen) atoms. The number of benzene rings is 1. The number of thiazole rings is 1. The molecular formula is C18H26N2OS. The fraction of sp³-hybridized carbons (Fsp3) is 0.556. The molecule has 0 spiro atoms. The average Bonchev–Trinajstić information content (AvgIpc) is 2.75. The van der Waals surface area contributed by atoms with Crippen LogP contribution in [-0.2, 0) is 11.3 Å². The molecule has 0 aliphatic rings. The number of hydrogen-bond donors (Lipinski definition) is 0. The number of carbonyl (C=O) groups excluding carboxylic acids is 1. The molecule has 0 radical (unpaired) electrons. The zero-order valence-electron chi connectivity index (χ0n) is 14.4. The fourth-order valence-corrected chi connectivity index (χ4v) is 3.33. The van der Waals surface area contributed by atoms with Gasteiger partial charge in [0.1, 0.15) is 0 Å². The standard InChI is InChI=1S/C18H26N2OS/c1-7-10-20-14-9-8-13(12(2)3)11-15(14)22-17(20)19-16(21)18(4,5)6/h8-9,11-12H,7,10H2,1-6H3. The molecule has 0 aliphatic carbocycles. The van der Waals surface area contributed by atoms with E-state index in [1.54, 1.807) is 11.3 Å². The van der Waals surface area contributed by atoms with E-state index < -0.39 is 5.41 Å². The molecule has 2 rings (SSSR count). The van der Waals surface area contributed by atoms with Crippen LogP contribution in [0.25, 0.3) is 10.2 Å². The highest BCUT2D eigenvalue weighted by Crippen LogP contribution is 2.24. The number of rotatable bonds is 3. The third-order valence-electron chi connectivity index (χ3n) is 3.66. The van der Waals surface area contributed by atoms with Gasteiger partial charge in [0.25, 0.3) is 5.91 Å². The van der Waals surface area contributed by atoms with Crippen LogP contribution in [0.5, 0.6) is 0 Å². The number of aromatic nitrogens is 1. The molecular weight excluding hydrogens is 292 g/mol. The maximum absolute atomic E-state index is 12.3. The van der Waals surface area contributed by atoms with Crippen molar-refractivity contribution in [2.45, 2.75) is 60.4 Å². The molecule has 1 heterocycles. The Balaban J connectivity index is 2.65. The van der Waals surface area contributed by atoms with Gasteiger partial charge in [0, 0.05) is 12.0 Å². The van der Waals surface area contributed by atoms with Crippen molar-refractivity contribution in [3.8, 4) is 0 Å². The molecule has 3 nitrogen and oxygen atoms in total. The Kier molecular flexibility index (Phi) is 4.90. The Morgan fingerprint density at radius 3 is 2.55 bits per heavy atom. The van der Waals surface area contributed by atoms with Gasteiger partial charge in [0.2, 0.25) is 0 Å². The van der Waals surface area contributed by atoms with Crippen molar-refractivity contribution < 1.29 is 4.79 Å². The second-order valence-electron chi connectivity index (χ2n) is 7.09. The Labute approximate surface area is 136 Å². The van der Waals surface area contributed by atoms with Crippen LogP contribution >= 0.6 is 11.3 Å². The molecule has 0 unspecified atom stereocenters. The van der Waals surface area contributed by atoms with Gasteiger partial charge in [-0.05, 0) is 30.0 Å².